The molecule has 6 amide bonds. The van der Waals surface area contributed by atoms with Crippen LogP contribution < -0.4 is 30.2 Å². The van der Waals surface area contributed by atoms with Gasteiger partial charge in [0.1, 0.15) is 17.2 Å². The van der Waals surface area contributed by atoms with Crippen LogP contribution in [0.2, 0.25) is 0 Å². The zero-order valence-corrected chi connectivity index (χ0v) is 53.2. The van der Waals surface area contributed by atoms with Gasteiger partial charge in [-0.05, 0) is 151 Å². The molecule has 5 aliphatic rings. The van der Waals surface area contributed by atoms with Crippen LogP contribution in [0, 0.1) is 17.8 Å². The second kappa shape index (κ2) is 31.8. The molecule has 0 unspecified atom stereocenters. The molecule has 3 aliphatic heterocycles. The molecule has 9 N–H and O–H groups in total. The van der Waals surface area contributed by atoms with Crippen LogP contribution >= 0.6 is 0 Å². The molecular formula is C72H86N6O15. The molecule has 6 aromatic carbocycles. The third kappa shape index (κ3) is 18.8. The zero-order valence-electron chi connectivity index (χ0n) is 53.2. The Morgan fingerprint density at radius 1 is 0.366 bits per heavy atom. The number of aliphatic hydroxyl groups is 6. The summed E-state index contributed by atoms with van der Waals surface area (Å²) >= 11 is 0. The summed E-state index contributed by atoms with van der Waals surface area (Å²) in [6, 6.07) is 43.7. The molecule has 0 bridgehead atoms. The average molecular weight is 1280 g/mol. The number of nitrogens with one attached hydrogen (secondary N) is 3. The number of benzene rings is 6. The maximum absolute atomic E-state index is 12.6. The Bertz CT molecular complexity index is 3100. The van der Waals surface area contributed by atoms with E-state index in [0.29, 0.717) is 63.6 Å². The normalized spacial score (nSPS) is 17.4. The lowest BCUT2D eigenvalue weighted by atomic mass is 10.1. The van der Waals surface area contributed by atoms with Crippen LogP contribution in [0.1, 0.15) is 128 Å². The Labute approximate surface area is 542 Å². The lowest BCUT2D eigenvalue weighted by Crippen LogP contribution is -2.50. The number of nitrogens with zero attached hydrogens (tertiary/aromatic N) is 3. The van der Waals surface area contributed by atoms with E-state index in [2.05, 4.69) is 29.8 Å². The summed E-state index contributed by atoms with van der Waals surface area (Å²) in [5.41, 5.74) is 8.46. The fourth-order valence-electron chi connectivity index (χ4n) is 10.8. The van der Waals surface area contributed by atoms with Crippen molar-refractivity contribution in [3.05, 3.63) is 196 Å². The van der Waals surface area contributed by atoms with Crippen LogP contribution in [0.4, 0.5) is 0 Å². The molecule has 21 heteroatoms. The minimum Gasteiger partial charge on any atom is -0.493 e. The molecule has 0 spiro atoms. The molecule has 21 nitrogen and oxygen atoms in total. The van der Waals surface area contributed by atoms with Crippen molar-refractivity contribution in [2.75, 3.05) is 19.8 Å². The van der Waals surface area contributed by atoms with Crippen LogP contribution in [0.3, 0.4) is 0 Å². The highest BCUT2D eigenvalue weighted by Crippen LogP contribution is 2.32. The summed E-state index contributed by atoms with van der Waals surface area (Å²) in [6.07, 6.45) is -6.12. The van der Waals surface area contributed by atoms with E-state index < -0.39 is 90.2 Å². The van der Waals surface area contributed by atoms with Crippen molar-refractivity contribution in [3.63, 3.8) is 0 Å². The highest BCUT2D eigenvalue weighted by Gasteiger charge is 2.39. The predicted molar refractivity (Wildman–Crippen MR) is 344 cm³/mol. The number of carbonyl (C=O) groups excluding carboxylic acids is 6. The molecule has 2 fully saturated rings. The van der Waals surface area contributed by atoms with Crippen molar-refractivity contribution in [2.24, 2.45) is 17.8 Å². The minimum atomic E-state index is -1.85. The van der Waals surface area contributed by atoms with E-state index in [4.69, 9.17) is 14.2 Å². The lowest BCUT2D eigenvalue weighted by molar-refractivity contribution is -0.153. The van der Waals surface area contributed by atoms with Crippen molar-refractivity contribution in [1.29, 1.82) is 0 Å². The van der Waals surface area contributed by atoms with Gasteiger partial charge in [0.2, 0.25) is 0 Å². The first kappa shape index (κ1) is 68.7. The molecule has 494 valence electrons. The summed E-state index contributed by atoms with van der Waals surface area (Å²) < 4.78 is 17.1. The number of ether oxygens (including phenoxy) is 3. The Kier molecular flexibility index (Phi) is 23.4. The molecule has 0 radical (unpaired) electrons. The fraction of sp³-hybridized carbons (Fsp3) is 0.417. The summed E-state index contributed by atoms with van der Waals surface area (Å²) in [5.74, 6) is -0.323. The van der Waals surface area contributed by atoms with E-state index in [1.807, 2.05) is 146 Å². The highest BCUT2D eigenvalue weighted by atomic mass is 16.5. The molecular weight excluding hydrogens is 1190 g/mol. The van der Waals surface area contributed by atoms with Gasteiger partial charge in [0.25, 0.3) is 35.4 Å². The number of amides is 6. The molecule has 0 saturated heterocycles. The molecule has 2 saturated carbocycles. The van der Waals surface area contributed by atoms with E-state index >= 15 is 0 Å². The number of carbonyl (C=O) groups is 6. The maximum Gasteiger partial charge on any atom is 0.255 e. The van der Waals surface area contributed by atoms with Crippen LogP contribution in [0.25, 0.3) is 0 Å². The number of fused-ring (bicyclic) bond motifs is 3. The Morgan fingerprint density at radius 3 is 0.828 bits per heavy atom. The molecule has 6 aromatic rings. The van der Waals surface area contributed by atoms with Crippen LogP contribution in [0.5, 0.6) is 17.2 Å². The number of rotatable bonds is 24. The van der Waals surface area contributed by atoms with Crippen molar-refractivity contribution >= 4 is 35.4 Å². The first-order valence-corrected chi connectivity index (χ1v) is 31.8. The molecule has 93 heavy (non-hydrogen) atoms. The second-order valence-electron chi connectivity index (χ2n) is 25.2. The summed E-state index contributed by atoms with van der Waals surface area (Å²) in [5, 5.41) is 69.7. The van der Waals surface area contributed by atoms with Crippen molar-refractivity contribution in [1.82, 2.24) is 30.7 Å². The SMILES string of the molecule is CC(C)COc1ccc([C@@H](C)NC(=O)[C@H](O)[C@@H](O)C(=O)N2Cc3ccccc3C2)cc1.C[C@@H](NC(=O)[C@H](O)[C@@H](O)C(=O)N1Cc2ccccc2C1)c1ccc(OCC2CC2)cc1.C[C@H](NC(=O)[C@H](O)[C@@H](O)C(=O)N1Cc2ccccc2C1)c1ccc(OCC2CC2)cc1. The van der Waals surface area contributed by atoms with E-state index in [1.54, 1.807) is 20.8 Å². The van der Waals surface area contributed by atoms with Gasteiger partial charge >= 0.3 is 0 Å². The predicted octanol–water partition coefficient (Wildman–Crippen LogP) is 6.00. The Morgan fingerprint density at radius 2 is 0.602 bits per heavy atom. The number of aliphatic hydroxyl groups excluding tert-OH is 6. The largest absolute Gasteiger partial charge is 0.493 e. The summed E-state index contributed by atoms with van der Waals surface area (Å²) in [6.45, 7) is 13.6. The van der Waals surface area contributed by atoms with Gasteiger partial charge < -0.3 is 75.5 Å². The van der Waals surface area contributed by atoms with Gasteiger partial charge in [0.15, 0.2) is 36.6 Å². The highest BCUT2D eigenvalue weighted by molar-refractivity contribution is 5.93. The summed E-state index contributed by atoms with van der Waals surface area (Å²) in [4.78, 5) is 79.4. The molecule has 11 rings (SSSR count). The van der Waals surface area contributed by atoms with Crippen LogP contribution in [-0.4, -0.2) is 137 Å². The van der Waals surface area contributed by atoms with Crippen molar-refractivity contribution < 1.29 is 73.6 Å². The number of hydrogen-bond donors (Lipinski definition) is 9. The van der Waals surface area contributed by atoms with E-state index in [9.17, 15) is 59.4 Å². The lowest BCUT2D eigenvalue weighted by Gasteiger charge is -2.24. The van der Waals surface area contributed by atoms with Gasteiger partial charge in [-0.1, -0.05) is 123 Å². The van der Waals surface area contributed by atoms with Gasteiger partial charge in [0.05, 0.1) is 37.9 Å². The molecule has 9 atom stereocenters. The van der Waals surface area contributed by atoms with Crippen LogP contribution in [0.15, 0.2) is 146 Å². The molecule has 0 aromatic heterocycles. The van der Waals surface area contributed by atoms with Gasteiger partial charge in [0, 0.05) is 39.3 Å². The van der Waals surface area contributed by atoms with E-state index in [-0.39, 0.29) is 0 Å². The standard InChI is InChI=1S/2C24H28N2O5.C24H30N2O5/c2*1-15(17-8-10-20(11-9-17)31-14-16-6-7-16)25-23(29)21(27)22(28)24(30)26-12-18-4-2-3-5-19(18)13-26;1-15(2)14-31-20-10-8-17(9-11-20)16(3)25-23(29)21(27)22(28)24(30)26-12-18-6-4-5-7-19(18)13-26/h2*2-5,8-11,15-16,21-22,27-28H,6-7,12-14H2,1H3,(H,25,29);4-11,15-16,21-22,27-28H,12-14H2,1-3H3,(H,25,29)/t15-,21+,22+;15-,21-,22-;16-,21-,22-/m011/s1. The van der Waals surface area contributed by atoms with Gasteiger partial charge in [-0.2, -0.15) is 0 Å². The van der Waals surface area contributed by atoms with Crippen molar-refractivity contribution in [2.45, 2.75) is 154 Å². The topological polar surface area (TPSA) is 297 Å². The van der Waals surface area contributed by atoms with E-state index in [0.717, 1.165) is 80.5 Å². The van der Waals surface area contributed by atoms with E-state index in [1.165, 1.54) is 40.4 Å². The quantitative estimate of drug-likeness (QED) is 0.0336. The Balaban J connectivity index is 0.000000165. The maximum atomic E-state index is 12.6. The van der Waals surface area contributed by atoms with Gasteiger partial charge in [-0.15, -0.1) is 0 Å². The minimum absolute atomic E-state index is 0.349. The third-order valence-electron chi connectivity index (χ3n) is 17.1. The second-order valence-corrected chi connectivity index (χ2v) is 25.2. The van der Waals surface area contributed by atoms with Crippen molar-refractivity contribution in [3.8, 4) is 17.2 Å². The molecule has 3 heterocycles. The molecule has 2 aliphatic carbocycles. The number of hydrogen-bond acceptors (Lipinski definition) is 15. The third-order valence-corrected chi connectivity index (χ3v) is 17.1. The Hall–Kier alpha value is -8.70. The smallest absolute Gasteiger partial charge is 0.255 e. The fourth-order valence-corrected chi connectivity index (χ4v) is 10.8. The first-order chi connectivity index (χ1) is 44.6. The van der Waals surface area contributed by atoms with Gasteiger partial charge in [-0.3, -0.25) is 28.8 Å². The zero-order chi connectivity index (χ0) is 66.5. The van der Waals surface area contributed by atoms with Gasteiger partial charge in [-0.25, -0.2) is 0 Å². The monoisotopic (exact) mass is 1270 g/mol. The first-order valence-electron chi connectivity index (χ1n) is 31.8. The average Bonchev–Trinajstić information content (AvgIpc) is 1.73. The van der Waals surface area contributed by atoms with Crippen LogP contribution in [-0.2, 0) is 68.0 Å². The summed E-state index contributed by atoms with van der Waals surface area (Å²) in [7, 11) is 0.